The van der Waals surface area contributed by atoms with Crippen LogP contribution in [0.4, 0.5) is 0 Å². The van der Waals surface area contributed by atoms with E-state index in [0.717, 1.165) is 38.7 Å². The van der Waals surface area contributed by atoms with Gasteiger partial charge >= 0.3 is 0 Å². The van der Waals surface area contributed by atoms with Crippen molar-refractivity contribution in [3.05, 3.63) is 0 Å². The molecule has 1 aliphatic heterocycles. The Hall–Kier alpha value is -0.120. The van der Waals surface area contributed by atoms with Gasteiger partial charge in [0.1, 0.15) is 5.60 Å². The molecule has 1 N–H and O–H groups in total. The molecule has 76 valence electrons. The molecule has 1 unspecified atom stereocenters. The van der Waals surface area contributed by atoms with Crippen LogP contribution in [0.5, 0.6) is 0 Å². The fourth-order valence-electron chi connectivity index (χ4n) is 2.27. The SMILES string of the molecule is COCC1(C2(O)CC2)CCCCO1. The number of ether oxygens (including phenoxy) is 2. The molecule has 1 saturated carbocycles. The minimum atomic E-state index is -0.580. The second-order valence-electron chi connectivity index (χ2n) is 4.26. The molecule has 1 saturated heterocycles. The average Bonchev–Trinajstić information content (AvgIpc) is 2.88. The standard InChI is InChI=1S/C10H18O3/c1-12-8-10(9(11)5-6-9)4-2-3-7-13-10/h11H,2-8H2,1H3. The first-order valence-electron chi connectivity index (χ1n) is 5.08. The van der Waals surface area contributed by atoms with Crippen LogP contribution in [0.1, 0.15) is 32.1 Å². The van der Waals surface area contributed by atoms with E-state index in [2.05, 4.69) is 0 Å². The summed E-state index contributed by atoms with van der Waals surface area (Å²) in [6.07, 6.45) is 4.94. The topological polar surface area (TPSA) is 38.7 Å². The van der Waals surface area contributed by atoms with Crippen LogP contribution in [0.3, 0.4) is 0 Å². The Kier molecular flexibility index (Phi) is 2.34. The minimum absolute atomic E-state index is 0.389. The molecule has 0 aromatic rings. The maximum absolute atomic E-state index is 10.1. The first-order chi connectivity index (χ1) is 6.22. The van der Waals surface area contributed by atoms with E-state index in [9.17, 15) is 5.11 Å². The molecule has 0 aromatic heterocycles. The zero-order valence-electron chi connectivity index (χ0n) is 8.21. The molecule has 0 spiro atoms. The smallest absolute Gasteiger partial charge is 0.120 e. The number of methoxy groups -OCH3 is 1. The third-order valence-electron chi connectivity index (χ3n) is 3.30. The Morgan fingerprint density at radius 3 is 2.54 bits per heavy atom. The summed E-state index contributed by atoms with van der Waals surface area (Å²) in [7, 11) is 1.67. The van der Waals surface area contributed by atoms with E-state index in [1.165, 1.54) is 0 Å². The van der Waals surface area contributed by atoms with Crippen LogP contribution in [0.25, 0.3) is 0 Å². The van der Waals surface area contributed by atoms with Gasteiger partial charge in [-0.3, -0.25) is 0 Å². The maximum Gasteiger partial charge on any atom is 0.120 e. The fraction of sp³-hybridized carbons (Fsp3) is 1.00. The highest BCUT2D eigenvalue weighted by atomic mass is 16.6. The van der Waals surface area contributed by atoms with Crippen LogP contribution in [0.2, 0.25) is 0 Å². The summed E-state index contributed by atoms with van der Waals surface area (Å²) in [4.78, 5) is 0. The molecule has 3 nitrogen and oxygen atoms in total. The van der Waals surface area contributed by atoms with E-state index in [0.29, 0.717) is 6.61 Å². The molecule has 0 bridgehead atoms. The van der Waals surface area contributed by atoms with Crippen LogP contribution in [0.15, 0.2) is 0 Å². The van der Waals surface area contributed by atoms with Crippen molar-refractivity contribution >= 4 is 0 Å². The summed E-state index contributed by atoms with van der Waals surface area (Å²) in [5, 5.41) is 10.1. The lowest BCUT2D eigenvalue weighted by Gasteiger charge is -2.40. The van der Waals surface area contributed by atoms with E-state index < -0.39 is 5.60 Å². The Bertz CT molecular complexity index is 175. The van der Waals surface area contributed by atoms with Gasteiger partial charge in [0, 0.05) is 13.7 Å². The van der Waals surface area contributed by atoms with Crippen molar-refractivity contribution in [2.45, 2.75) is 43.3 Å². The van der Waals surface area contributed by atoms with E-state index in [1.807, 2.05) is 0 Å². The van der Waals surface area contributed by atoms with Gasteiger partial charge < -0.3 is 14.6 Å². The lowest BCUT2D eigenvalue weighted by Crippen LogP contribution is -2.52. The van der Waals surface area contributed by atoms with Crippen molar-refractivity contribution in [1.29, 1.82) is 0 Å². The number of aliphatic hydroxyl groups is 1. The van der Waals surface area contributed by atoms with Crippen molar-refractivity contribution in [2.24, 2.45) is 0 Å². The lowest BCUT2D eigenvalue weighted by atomic mass is 9.87. The first kappa shape index (κ1) is 9.44. The molecule has 13 heavy (non-hydrogen) atoms. The molecule has 2 aliphatic rings. The largest absolute Gasteiger partial charge is 0.387 e. The van der Waals surface area contributed by atoms with Crippen molar-refractivity contribution < 1.29 is 14.6 Å². The Morgan fingerprint density at radius 2 is 2.08 bits per heavy atom. The van der Waals surface area contributed by atoms with Crippen molar-refractivity contribution in [3.63, 3.8) is 0 Å². The van der Waals surface area contributed by atoms with Crippen molar-refractivity contribution in [2.75, 3.05) is 20.3 Å². The van der Waals surface area contributed by atoms with Gasteiger partial charge in [0.15, 0.2) is 0 Å². The van der Waals surface area contributed by atoms with Gasteiger partial charge in [0.2, 0.25) is 0 Å². The van der Waals surface area contributed by atoms with Crippen LogP contribution >= 0.6 is 0 Å². The van der Waals surface area contributed by atoms with E-state index in [1.54, 1.807) is 7.11 Å². The lowest BCUT2D eigenvalue weighted by molar-refractivity contribution is -0.185. The highest BCUT2D eigenvalue weighted by Gasteiger charge is 2.59. The summed E-state index contributed by atoms with van der Waals surface area (Å²) < 4.78 is 10.9. The summed E-state index contributed by atoms with van der Waals surface area (Å²) >= 11 is 0. The second-order valence-corrected chi connectivity index (χ2v) is 4.26. The monoisotopic (exact) mass is 186 g/mol. The summed E-state index contributed by atoms with van der Waals surface area (Å²) in [6, 6.07) is 0. The van der Waals surface area contributed by atoms with Gasteiger partial charge in [-0.15, -0.1) is 0 Å². The molecule has 0 radical (unpaired) electrons. The summed E-state index contributed by atoms with van der Waals surface area (Å²) in [5.41, 5.74) is -0.969. The van der Waals surface area contributed by atoms with Crippen molar-refractivity contribution in [3.8, 4) is 0 Å². The van der Waals surface area contributed by atoms with Gasteiger partial charge in [0.05, 0.1) is 12.2 Å². The fourth-order valence-corrected chi connectivity index (χ4v) is 2.27. The van der Waals surface area contributed by atoms with Crippen LogP contribution < -0.4 is 0 Å². The Balaban J connectivity index is 2.09. The van der Waals surface area contributed by atoms with Gasteiger partial charge in [-0.1, -0.05) is 0 Å². The third-order valence-corrected chi connectivity index (χ3v) is 3.30. The molecule has 0 amide bonds. The quantitative estimate of drug-likeness (QED) is 0.717. The number of hydrogen-bond donors (Lipinski definition) is 1. The average molecular weight is 186 g/mol. The number of hydrogen-bond acceptors (Lipinski definition) is 3. The molecule has 1 aliphatic carbocycles. The van der Waals surface area contributed by atoms with Gasteiger partial charge in [-0.05, 0) is 32.1 Å². The van der Waals surface area contributed by atoms with E-state index in [4.69, 9.17) is 9.47 Å². The maximum atomic E-state index is 10.1. The minimum Gasteiger partial charge on any atom is -0.387 e. The summed E-state index contributed by atoms with van der Waals surface area (Å²) in [5.74, 6) is 0. The molecule has 3 heteroatoms. The van der Waals surface area contributed by atoms with Crippen LogP contribution in [0, 0.1) is 0 Å². The van der Waals surface area contributed by atoms with E-state index >= 15 is 0 Å². The second kappa shape index (κ2) is 3.23. The zero-order chi connectivity index (χ0) is 9.36. The van der Waals surface area contributed by atoms with Gasteiger partial charge in [0.25, 0.3) is 0 Å². The van der Waals surface area contributed by atoms with Gasteiger partial charge in [-0.2, -0.15) is 0 Å². The van der Waals surface area contributed by atoms with Crippen LogP contribution in [-0.4, -0.2) is 36.6 Å². The summed E-state index contributed by atoms with van der Waals surface area (Å²) in [6.45, 7) is 1.30. The van der Waals surface area contributed by atoms with Crippen molar-refractivity contribution in [1.82, 2.24) is 0 Å². The Morgan fingerprint density at radius 1 is 1.31 bits per heavy atom. The molecule has 2 fully saturated rings. The molecule has 1 atom stereocenters. The van der Waals surface area contributed by atoms with Gasteiger partial charge in [-0.25, -0.2) is 0 Å². The van der Waals surface area contributed by atoms with E-state index in [-0.39, 0.29) is 5.60 Å². The molecular formula is C10H18O3. The predicted molar refractivity (Wildman–Crippen MR) is 48.6 cm³/mol. The number of rotatable bonds is 3. The molecule has 0 aromatic carbocycles. The highest BCUT2D eigenvalue weighted by molar-refractivity contribution is 5.11. The predicted octanol–water partition coefficient (Wildman–Crippen LogP) is 1.10. The Labute approximate surface area is 79.0 Å². The normalized spacial score (nSPS) is 37.4. The molecule has 2 rings (SSSR count). The zero-order valence-corrected chi connectivity index (χ0v) is 8.21. The van der Waals surface area contributed by atoms with Crippen LogP contribution in [-0.2, 0) is 9.47 Å². The third kappa shape index (κ3) is 1.49. The molecule has 1 heterocycles. The first-order valence-corrected chi connectivity index (χ1v) is 5.08. The molecular weight excluding hydrogens is 168 g/mol. The highest BCUT2D eigenvalue weighted by Crippen LogP contribution is 2.50.